The molecule has 0 saturated heterocycles. The first kappa shape index (κ1) is 19.9. The molecule has 3 rings (SSSR count). The summed E-state index contributed by atoms with van der Waals surface area (Å²) in [6.07, 6.45) is 0.894. The van der Waals surface area contributed by atoms with E-state index >= 15 is 0 Å². The fraction of sp³-hybridized carbons (Fsp3) is 0.300. The third-order valence-corrected chi connectivity index (χ3v) is 5.29. The topological polar surface area (TPSA) is 98.5 Å². The lowest BCUT2D eigenvalue weighted by Crippen LogP contribution is -2.37. The van der Waals surface area contributed by atoms with Crippen molar-refractivity contribution in [2.75, 3.05) is 0 Å². The lowest BCUT2D eigenvalue weighted by atomic mass is 10.2. The highest BCUT2D eigenvalue weighted by molar-refractivity contribution is 7.99. The highest BCUT2D eigenvalue weighted by atomic mass is 32.2. The molecule has 1 saturated carbocycles. The zero-order valence-electron chi connectivity index (χ0n) is 15.5. The first-order chi connectivity index (χ1) is 13.3. The van der Waals surface area contributed by atoms with Crippen LogP contribution in [-0.4, -0.2) is 28.9 Å². The molecule has 0 heterocycles. The Morgan fingerprint density at radius 1 is 1.21 bits per heavy atom. The molecule has 1 aliphatic rings. The smallest absolute Gasteiger partial charge is 0.339 e. The van der Waals surface area contributed by atoms with Crippen LogP contribution in [0.25, 0.3) is 0 Å². The second kappa shape index (κ2) is 8.43. The third-order valence-electron chi connectivity index (χ3n) is 4.22. The number of aryl methyl sites for hydroxylation is 1. The maximum absolute atomic E-state index is 12.3. The first-order valence-electron chi connectivity index (χ1n) is 8.88. The summed E-state index contributed by atoms with van der Waals surface area (Å²) in [5.74, 6) is -1.13. The number of nitrogens with one attached hydrogen (secondary N) is 1. The van der Waals surface area contributed by atoms with Crippen molar-refractivity contribution < 1.29 is 19.2 Å². The Morgan fingerprint density at radius 3 is 2.50 bits per heavy atom. The highest BCUT2D eigenvalue weighted by Gasteiger charge is 2.28. The van der Waals surface area contributed by atoms with Gasteiger partial charge in [0.15, 0.2) is 6.10 Å². The molecule has 146 valence electrons. The van der Waals surface area contributed by atoms with Gasteiger partial charge in [0.05, 0.1) is 15.4 Å². The number of ether oxygens (including phenoxy) is 1. The van der Waals surface area contributed by atoms with Crippen LogP contribution in [0.3, 0.4) is 0 Å². The summed E-state index contributed by atoms with van der Waals surface area (Å²) in [6, 6.07) is 11.9. The maximum atomic E-state index is 12.3. The van der Waals surface area contributed by atoms with Gasteiger partial charge in [0.2, 0.25) is 0 Å². The second-order valence-corrected chi connectivity index (χ2v) is 7.80. The van der Waals surface area contributed by atoms with E-state index < -0.39 is 17.0 Å². The molecule has 0 aliphatic heterocycles. The van der Waals surface area contributed by atoms with Crippen molar-refractivity contribution in [3.05, 3.63) is 63.7 Å². The van der Waals surface area contributed by atoms with Crippen LogP contribution < -0.4 is 5.32 Å². The molecule has 1 amide bonds. The van der Waals surface area contributed by atoms with E-state index in [0.29, 0.717) is 4.90 Å². The van der Waals surface area contributed by atoms with Crippen LogP contribution in [0.1, 0.15) is 35.7 Å². The van der Waals surface area contributed by atoms with Crippen LogP contribution in [-0.2, 0) is 9.53 Å². The summed E-state index contributed by atoms with van der Waals surface area (Å²) in [6.45, 7) is 3.44. The Labute approximate surface area is 166 Å². The summed E-state index contributed by atoms with van der Waals surface area (Å²) in [5, 5.41) is 14.2. The largest absolute Gasteiger partial charge is 0.449 e. The Hall–Kier alpha value is -2.87. The number of hydrogen-bond acceptors (Lipinski definition) is 6. The van der Waals surface area contributed by atoms with Crippen LogP contribution in [0, 0.1) is 17.0 Å². The Morgan fingerprint density at radius 2 is 1.89 bits per heavy atom. The Balaban J connectivity index is 1.73. The van der Waals surface area contributed by atoms with Gasteiger partial charge in [-0.1, -0.05) is 29.5 Å². The lowest BCUT2D eigenvalue weighted by molar-refractivity contribution is -0.387. The Kier molecular flexibility index (Phi) is 5.99. The maximum Gasteiger partial charge on any atom is 0.339 e. The Bertz CT molecular complexity index is 909. The van der Waals surface area contributed by atoms with Crippen LogP contribution in [0.2, 0.25) is 0 Å². The molecule has 0 aromatic heterocycles. The van der Waals surface area contributed by atoms with E-state index in [1.807, 2.05) is 31.2 Å². The number of hydrogen-bond donors (Lipinski definition) is 1. The molecule has 1 N–H and O–H groups in total. The van der Waals surface area contributed by atoms with E-state index in [1.165, 1.54) is 36.9 Å². The SMILES string of the molecule is Cc1ccc(Sc2ccc(C(=O)OC(C)C(=O)NC3CC3)cc2[N+](=O)[O-])cc1. The van der Waals surface area contributed by atoms with Crippen LogP contribution in [0.15, 0.2) is 52.3 Å². The zero-order chi connectivity index (χ0) is 20.3. The van der Waals surface area contributed by atoms with Gasteiger partial charge in [0, 0.05) is 17.0 Å². The van der Waals surface area contributed by atoms with Gasteiger partial charge in [0.25, 0.3) is 11.6 Å². The number of nitro benzene ring substituents is 1. The van der Waals surface area contributed by atoms with Crippen molar-refractivity contribution >= 4 is 29.3 Å². The van der Waals surface area contributed by atoms with Gasteiger partial charge in [-0.2, -0.15) is 0 Å². The fourth-order valence-electron chi connectivity index (χ4n) is 2.43. The summed E-state index contributed by atoms with van der Waals surface area (Å²) >= 11 is 1.25. The minimum atomic E-state index is -0.964. The van der Waals surface area contributed by atoms with Gasteiger partial charge >= 0.3 is 5.97 Å². The molecule has 28 heavy (non-hydrogen) atoms. The summed E-state index contributed by atoms with van der Waals surface area (Å²) in [7, 11) is 0. The standard InChI is InChI=1S/C20H20N2O5S/c1-12-3-8-16(9-4-12)28-18-10-5-14(11-17(18)22(25)26)20(24)27-13(2)19(23)21-15-6-7-15/h3-5,8-11,13,15H,6-7H2,1-2H3,(H,21,23). The van der Waals surface area contributed by atoms with Crippen molar-refractivity contribution in [3.8, 4) is 0 Å². The van der Waals surface area contributed by atoms with Crippen LogP contribution in [0.5, 0.6) is 0 Å². The van der Waals surface area contributed by atoms with E-state index in [0.717, 1.165) is 23.3 Å². The van der Waals surface area contributed by atoms with Gasteiger partial charge in [0.1, 0.15) is 0 Å². The number of nitrogens with zero attached hydrogens (tertiary/aromatic N) is 1. The van der Waals surface area contributed by atoms with Crippen molar-refractivity contribution in [3.63, 3.8) is 0 Å². The monoisotopic (exact) mass is 400 g/mol. The number of carbonyl (C=O) groups is 2. The number of amides is 1. The van der Waals surface area contributed by atoms with E-state index in [1.54, 1.807) is 0 Å². The van der Waals surface area contributed by atoms with Gasteiger partial charge in [-0.15, -0.1) is 0 Å². The number of esters is 1. The molecule has 7 nitrogen and oxygen atoms in total. The predicted octanol–water partition coefficient (Wildman–Crippen LogP) is 3.88. The van der Waals surface area contributed by atoms with E-state index in [4.69, 9.17) is 4.74 Å². The van der Waals surface area contributed by atoms with Gasteiger partial charge in [-0.25, -0.2) is 4.79 Å². The van der Waals surface area contributed by atoms with Gasteiger partial charge in [-0.05, 0) is 51.0 Å². The molecule has 1 atom stereocenters. The second-order valence-electron chi connectivity index (χ2n) is 6.69. The van der Waals surface area contributed by atoms with E-state index in [9.17, 15) is 19.7 Å². The molecular formula is C20H20N2O5S. The molecule has 1 aliphatic carbocycles. The summed E-state index contributed by atoms with van der Waals surface area (Å²) in [5.41, 5.74) is 0.943. The predicted molar refractivity (Wildman–Crippen MR) is 104 cm³/mol. The number of benzene rings is 2. The fourth-order valence-corrected chi connectivity index (χ4v) is 3.34. The minimum absolute atomic E-state index is 0.0334. The summed E-state index contributed by atoms with van der Waals surface area (Å²) in [4.78, 5) is 36.4. The third kappa shape index (κ3) is 5.10. The molecule has 0 bridgehead atoms. The summed E-state index contributed by atoms with van der Waals surface area (Å²) < 4.78 is 5.15. The first-order valence-corrected chi connectivity index (χ1v) is 9.69. The molecule has 0 spiro atoms. The normalized spacial score (nSPS) is 14.2. The lowest BCUT2D eigenvalue weighted by Gasteiger charge is -2.13. The van der Waals surface area contributed by atoms with Gasteiger partial charge in [-0.3, -0.25) is 14.9 Å². The molecule has 2 aromatic rings. The van der Waals surface area contributed by atoms with E-state index in [2.05, 4.69) is 5.32 Å². The van der Waals surface area contributed by atoms with Gasteiger partial charge < -0.3 is 10.1 Å². The minimum Gasteiger partial charge on any atom is -0.449 e. The molecule has 1 unspecified atom stereocenters. The number of nitro groups is 1. The quantitative estimate of drug-likeness (QED) is 0.430. The molecule has 2 aromatic carbocycles. The van der Waals surface area contributed by atoms with E-state index in [-0.39, 0.29) is 23.2 Å². The average Bonchev–Trinajstić information content (AvgIpc) is 3.47. The average molecular weight is 400 g/mol. The number of carbonyl (C=O) groups excluding carboxylic acids is 2. The molecular weight excluding hydrogens is 380 g/mol. The van der Waals surface area contributed by atoms with Crippen molar-refractivity contribution in [2.45, 2.75) is 48.6 Å². The molecule has 0 radical (unpaired) electrons. The molecule has 8 heteroatoms. The van der Waals surface area contributed by atoms with Crippen molar-refractivity contribution in [1.82, 2.24) is 5.32 Å². The van der Waals surface area contributed by atoms with Crippen LogP contribution in [0.4, 0.5) is 5.69 Å². The highest BCUT2D eigenvalue weighted by Crippen LogP contribution is 2.35. The molecule has 1 fully saturated rings. The van der Waals surface area contributed by atoms with Crippen molar-refractivity contribution in [1.29, 1.82) is 0 Å². The van der Waals surface area contributed by atoms with Crippen LogP contribution >= 0.6 is 11.8 Å². The van der Waals surface area contributed by atoms with Crippen molar-refractivity contribution in [2.24, 2.45) is 0 Å². The zero-order valence-corrected chi connectivity index (χ0v) is 16.3. The number of rotatable bonds is 7.